The number of nitrogens with one attached hydrogen (secondary N) is 1. The maximum absolute atomic E-state index is 13.1. The molecule has 3 aromatic carbocycles. The van der Waals surface area contributed by atoms with E-state index in [-0.39, 0.29) is 11.9 Å². The zero-order valence-corrected chi connectivity index (χ0v) is 19.2. The summed E-state index contributed by atoms with van der Waals surface area (Å²) in [5, 5.41) is 14.5. The smallest absolute Gasteiger partial charge is 0.251 e. The van der Waals surface area contributed by atoms with Gasteiger partial charge in [-0.15, -0.1) is 5.10 Å². The summed E-state index contributed by atoms with van der Waals surface area (Å²) in [7, 11) is 0. The molecule has 4 aromatic rings. The third-order valence-electron chi connectivity index (χ3n) is 5.44. The van der Waals surface area contributed by atoms with Gasteiger partial charge < -0.3 is 10.1 Å². The number of benzene rings is 3. The summed E-state index contributed by atoms with van der Waals surface area (Å²) in [6.07, 6.45) is 1.51. The van der Waals surface area contributed by atoms with Crippen molar-refractivity contribution in [2.24, 2.45) is 0 Å². The van der Waals surface area contributed by atoms with E-state index in [4.69, 9.17) is 4.74 Å². The summed E-state index contributed by atoms with van der Waals surface area (Å²) in [6.45, 7) is 8.37. The van der Waals surface area contributed by atoms with Crippen molar-refractivity contribution in [1.29, 1.82) is 0 Å². The van der Waals surface area contributed by atoms with Crippen LogP contribution in [0.5, 0.6) is 5.75 Å². The zero-order valence-electron chi connectivity index (χ0n) is 19.2. The quantitative estimate of drug-likeness (QED) is 0.458. The van der Waals surface area contributed by atoms with Gasteiger partial charge in [0.2, 0.25) is 0 Å². The lowest BCUT2D eigenvalue weighted by Gasteiger charge is -2.18. The van der Waals surface area contributed by atoms with Gasteiger partial charge in [0.1, 0.15) is 18.7 Å². The van der Waals surface area contributed by atoms with Crippen LogP contribution in [-0.2, 0) is 0 Å². The van der Waals surface area contributed by atoms with Crippen molar-refractivity contribution < 1.29 is 9.53 Å². The monoisotopic (exact) mass is 441 g/mol. The van der Waals surface area contributed by atoms with Crippen LogP contribution in [0, 0.1) is 20.8 Å². The van der Waals surface area contributed by atoms with Crippen LogP contribution < -0.4 is 10.1 Å². The van der Waals surface area contributed by atoms with Gasteiger partial charge in [0.25, 0.3) is 5.91 Å². The van der Waals surface area contributed by atoms with Gasteiger partial charge in [0.15, 0.2) is 0 Å². The van der Waals surface area contributed by atoms with Crippen LogP contribution in [0.15, 0.2) is 67.0 Å². The molecule has 0 fully saturated rings. The van der Waals surface area contributed by atoms with Crippen molar-refractivity contribution >= 4 is 5.91 Å². The van der Waals surface area contributed by atoms with Crippen molar-refractivity contribution in [3.8, 4) is 22.6 Å². The number of hydrogen-bond donors (Lipinski definition) is 1. The van der Waals surface area contributed by atoms with Crippen LogP contribution in [0.1, 0.15) is 34.0 Å². The second-order valence-electron chi connectivity index (χ2n) is 8.30. The highest BCUT2D eigenvalue weighted by Crippen LogP contribution is 2.25. The summed E-state index contributed by atoms with van der Waals surface area (Å²) in [5.41, 5.74) is 6.48. The summed E-state index contributed by atoms with van der Waals surface area (Å²) in [5.74, 6) is 0.678. The van der Waals surface area contributed by atoms with E-state index in [9.17, 15) is 4.79 Å². The van der Waals surface area contributed by atoms with Gasteiger partial charge in [-0.3, -0.25) is 4.79 Å². The number of aromatic nitrogens is 4. The van der Waals surface area contributed by atoms with Crippen LogP contribution in [0.25, 0.3) is 16.8 Å². The average Bonchev–Trinajstić information content (AvgIpc) is 3.34. The molecule has 0 radical (unpaired) electrons. The molecule has 7 nitrogen and oxygen atoms in total. The predicted molar refractivity (Wildman–Crippen MR) is 128 cm³/mol. The van der Waals surface area contributed by atoms with Gasteiger partial charge in [-0.1, -0.05) is 48.0 Å². The average molecular weight is 442 g/mol. The van der Waals surface area contributed by atoms with E-state index in [1.165, 1.54) is 11.9 Å². The predicted octanol–water partition coefficient (Wildman–Crippen LogP) is 4.45. The first-order chi connectivity index (χ1) is 15.9. The molecule has 1 heterocycles. The van der Waals surface area contributed by atoms with Gasteiger partial charge in [0, 0.05) is 5.56 Å². The SMILES string of the molecule is Cc1ccc(-c2cc(C(=O)NC(C)COc3c(C)cccc3C)cc(-n3cnnn3)c2)cc1. The highest BCUT2D eigenvalue weighted by Gasteiger charge is 2.15. The Kier molecular flexibility index (Phi) is 6.49. The van der Waals surface area contributed by atoms with Crippen molar-refractivity contribution in [2.45, 2.75) is 33.7 Å². The third kappa shape index (κ3) is 5.26. The number of nitrogens with zero attached hydrogens (tertiary/aromatic N) is 4. The number of para-hydroxylation sites is 1. The Morgan fingerprint density at radius 3 is 2.39 bits per heavy atom. The molecule has 1 aromatic heterocycles. The Labute approximate surface area is 193 Å². The molecule has 7 heteroatoms. The van der Waals surface area contributed by atoms with Gasteiger partial charge in [0.05, 0.1) is 11.7 Å². The minimum atomic E-state index is -0.184. The second-order valence-corrected chi connectivity index (χ2v) is 8.30. The standard InChI is InChI=1S/C26H27N5O2/c1-17-8-10-21(11-9-17)22-12-23(14-24(13-22)31-16-27-29-30-31)26(32)28-20(4)15-33-25-18(2)6-5-7-19(25)3/h5-14,16,20H,15H2,1-4H3,(H,28,32). The highest BCUT2D eigenvalue weighted by molar-refractivity contribution is 5.96. The Morgan fingerprint density at radius 1 is 1.00 bits per heavy atom. The number of carbonyl (C=O) groups is 1. The number of amides is 1. The lowest BCUT2D eigenvalue weighted by molar-refractivity contribution is 0.0926. The molecule has 1 N–H and O–H groups in total. The van der Waals surface area contributed by atoms with Crippen LogP contribution >= 0.6 is 0 Å². The Hall–Kier alpha value is -4.00. The van der Waals surface area contributed by atoms with E-state index < -0.39 is 0 Å². The molecule has 0 saturated carbocycles. The van der Waals surface area contributed by atoms with Crippen molar-refractivity contribution in [2.75, 3.05) is 6.61 Å². The fourth-order valence-corrected chi connectivity index (χ4v) is 3.65. The summed E-state index contributed by atoms with van der Waals surface area (Å²) in [4.78, 5) is 13.1. The number of hydrogen-bond acceptors (Lipinski definition) is 5. The number of ether oxygens (including phenoxy) is 1. The van der Waals surface area contributed by atoms with E-state index in [2.05, 4.69) is 20.8 Å². The Morgan fingerprint density at radius 2 is 1.73 bits per heavy atom. The van der Waals surface area contributed by atoms with E-state index in [0.717, 1.165) is 28.0 Å². The van der Waals surface area contributed by atoms with Crippen LogP contribution in [0.4, 0.5) is 0 Å². The van der Waals surface area contributed by atoms with Crippen molar-refractivity contribution in [1.82, 2.24) is 25.5 Å². The molecule has 0 saturated heterocycles. The molecular weight excluding hydrogens is 414 g/mol. The molecule has 0 aliphatic rings. The largest absolute Gasteiger partial charge is 0.491 e. The fraction of sp³-hybridized carbons (Fsp3) is 0.231. The number of tetrazole rings is 1. The molecule has 1 amide bonds. The molecule has 0 bridgehead atoms. The van der Waals surface area contributed by atoms with E-state index >= 15 is 0 Å². The highest BCUT2D eigenvalue weighted by atomic mass is 16.5. The van der Waals surface area contributed by atoms with Crippen LogP contribution in [-0.4, -0.2) is 38.8 Å². The van der Waals surface area contributed by atoms with Crippen LogP contribution in [0.2, 0.25) is 0 Å². The van der Waals surface area contributed by atoms with Gasteiger partial charge in [-0.2, -0.15) is 0 Å². The molecular formula is C26H27N5O2. The molecule has 0 aliphatic heterocycles. The first-order valence-corrected chi connectivity index (χ1v) is 10.9. The summed E-state index contributed by atoms with van der Waals surface area (Å²) < 4.78 is 7.55. The maximum Gasteiger partial charge on any atom is 0.251 e. The van der Waals surface area contributed by atoms with E-state index in [1.807, 2.05) is 82.3 Å². The minimum Gasteiger partial charge on any atom is -0.491 e. The topological polar surface area (TPSA) is 81.9 Å². The van der Waals surface area contributed by atoms with E-state index in [1.54, 1.807) is 10.7 Å². The third-order valence-corrected chi connectivity index (χ3v) is 5.44. The zero-order chi connectivity index (χ0) is 23.4. The number of carbonyl (C=O) groups excluding carboxylic acids is 1. The van der Waals surface area contributed by atoms with Crippen molar-refractivity contribution in [3.63, 3.8) is 0 Å². The van der Waals surface area contributed by atoms with Crippen molar-refractivity contribution in [3.05, 3.63) is 89.2 Å². The fourth-order valence-electron chi connectivity index (χ4n) is 3.65. The maximum atomic E-state index is 13.1. The Bertz CT molecular complexity index is 1230. The van der Waals surface area contributed by atoms with Crippen LogP contribution in [0.3, 0.4) is 0 Å². The molecule has 33 heavy (non-hydrogen) atoms. The number of rotatable bonds is 7. The molecule has 0 aliphatic carbocycles. The lowest BCUT2D eigenvalue weighted by Crippen LogP contribution is -2.37. The van der Waals surface area contributed by atoms with Gasteiger partial charge in [-0.25, -0.2) is 4.68 Å². The second kappa shape index (κ2) is 9.65. The van der Waals surface area contributed by atoms with Gasteiger partial charge in [-0.05, 0) is 78.6 Å². The van der Waals surface area contributed by atoms with Gasteiger partial charge >= 0.3 is 0 Å². The molecule has 1 atom stereocenters. The number of aryl methyl sites for hydroxylation is 3. The minimum absolute atomic E-state index is 0.184. The first-order valence-electron chi connectivity index (χ1n) is 10.9. The molecule has 1 unspecified atom stereocenters. The summed E-state index contributed by atoms with van der Waals surface area (Å²) >= 11 is 0. The molecule has 4 rings (SSSR count). The lowest BCUT2D eigenvalue weighted by atomic mass is 10.0. The normalized spacial score (nSPS) is 11.8. The first kappa shape index (κ1) is 22.2. The molecule has 168 valence electrons. The Balaban J connectivity index is 1.55. The summed E-state index contributed by atoms with van der Waals surface area (Å²) in [6, 6.07) is 19.7. The van der Waals surface area contributed by atoms with E-state index in [0.29, 0.717) is 17.9 Å². The molecule has 0 spiro atoms.